The summed E-state index contributed by atoms with van der Waals surface area (Å²) in [7, 11) is 2.07. The first-order valence-corrected chi connectivity index (χ1v) is 15.6. The maximum atomic E-state index is 13.7. The van der Waals surface area contributed by atoms with Crippen molar-refractivity contribution in [3.63, 3.8) is 0 Å². The summed E-state index contributed by atoms with van der Waals surface area (Å²) in [6.07, 6.45) is 4.09. The average molecular weight is 563 g/mol. The Kier molecular flexibility index (Phi) is 8.97. The second kappa shape index (κ2) is 12.6. The van der Waals surface area contributed by atoms with Gasteiger partial charge >= 0.3 is 0 Å². The Hall–Kier alpha value is -2.78. The van der Waals surface area contributed by atoms with E-state index in [1.807, 2.05) is 42.5 Å². The van der Waals surface area contributed by atoms with Crippen LogP contribution in [0.2, 0.25) is 0 Å². The summed E-state index contributed by atoms with van der Waals surface area (Å²) in [5.74, 6) is 0.852. The van der Waals surface area contributed by atoms with Crippen LogP contribution in [0.25, 0.3) is 10.9 Å². The Morgan fingerprint density at radius 3 is 2.69 bits per heavy atom. The van der Waals surface area contributed by atoms with E-state index in [9.17, 15) is 9.90 Å². The molecule has 5 rings (SSSR count). The summed E-state index contributed by atoms with van der Waals surface area (Å²) in [5.41, 5.74) is 6.43. The van der Waals surface area contributed by atoms with Gasteiger partial charge in [-0.1, -0.05) is 37.3 Å². The number of rotatable bonds is 11. The highest BCUT2D eigenvalue weighted by atomic mass is 32.2. The zero-order valence-electron chi connectivity index (χ0n) is 22.9. The zero-order valence-corrected chi connectivity index (χ0v) is 24.6. The molecule has 8 heteroatoms. The van der Waals surface area contributed by atoms with E-state index in [2.05, 4.69) is 58.0 Å². The summed E-state index contributed by atoms with van der Waals surface area (Å²) in [5, 5.41) is 21.2. The van der Waals surface area contributed by atoms with Gasteiger partial charge in [-0.15, -0.1) is 11.3 Å². The van der Waals surface area contributed by atoms with Crippen LogP contribution in [-0.2, 0) is 32.4 Å². The van der Waals surface area contributed by atoms with Gasteiger partial charge in [-0.3, -0.25) is 4.79 Å². The molecule has 0 saturated carbocycles. The third kappa shape index (κ3) is 6.35. The van der Waals surface area contributed by atoms with Crippen LogP contribution in [0.5, 0.6) is 0 Å². The molecule has 0 fully saturated rings. The highest BCUT2D eigenvalue weighted by Crippen LogP contribution is 2.38. The Labute approximate surface area is 239 Å². The van der Waals surface area contributed by atoms with Gasteiger partial charge in [-0.2, -0.15) is 0 Å². The molecule has 3 N–H and O–H groups in total. The fraction of sp³-hybridized carbons (Fsp3) is 0.387. The Morgan fingerprint density at radius 2 is 1.95 bits per heavy atom. The van der Waals surface area contributed by atoms with Crippen LogP contribution >= 0.6 is 23.3 Å². The van der Waals surface area contributed by atoms with Gasteiger partial charge in [-0.25, -0.2) is 0 Å². The van der Waals surface area contributed by atoms with Crippen molar-refractivity contribution in [1.82, 2.24) is 15.2 Å². The van der Waals surface area contributed by atoms with E-state index in [0.717, 1.165) is 41.9 Å². The molecule has 2 atom stereocenters. The maximum absolute atomic E-state index is 13.7. The fourth-order valence-corrected chi connectivity index (χ4v) is 7.00. The molecule has 0 bridgehead atoms. The number of nitrogens with one attached hydrogen (secondary N) is 2. The molecule has 206 valence electrons. The predicted molar refractivity (Wildman–Crippen MR) is 165 cm³/mol. The number of carbonyl (C=O) groups is 1. The van der Waals surface area contributed by atoms with Crippen LogP contribution in [0.4, 0.5) is 5.69 Å². The number of anilines is 1. The normalized spacial score (nSPS) is 14.8. The topological polar surface area (TPSA) is 69.5 Å². The lowest BCUT2D eigenvalue weighted by molar-refractivity contribution is 0.0830. The van der Waals surface area contributed by atoms with Crippen molar-refractivity contribution in [2.45, 2.75) is 58.3 Å². The molecule has 0 saturated heterocycles. The standard InChI is InChI=1S/C31H38N4O2S2/c1-4-25-13-22(20-38-25)17-32-18-29(36)26(14-21-9-7-6-8-10-21)33-31(37)24-15-27-30-23(11-12-39-34(27)3)19-35(5-2)28(30)16-24/h6-10,13,15-16,19-20,26,29,32,36H,4-5,11-12,14,17-18H2,1-3H3,(H,33,37)/t26-,29+/m0/s1. The van der Waals surface area contributed by atoms with Crippen LogP contribution in [-0.4, -0.2) is 47.1 Å². The van der Waals surface area contributed by atoms with E-state index in [4.69, 9.17) is 0 Å². The van der Waals surface area contributed by atoms with Crippen molar-refractivity contribution in [3.8, 4) is 0 Å². The van der Waals surface area contributed by atoms with E-state index in [-0.39, 0.29) is 5.91 Å². The molecular weight excluding hydrogens is 525 g/mol. The predicted octanol–water partition coefficient (Wildman–Crippen LogP) is 5.42. The number of carbonyl (C=O) groups excluding carboxylic acids is 1. The Balaban J connectivity index is 1.37. The molecule has 2 aromatic heterocycles. The summed E-state index contributed by atoms with van der Waals surface area (Å²) < 4.78 is 4.42. The molecule has 0 radical (unpaired) electrons. The van der Waals surface area contributed by atoms with Gasteiger partial charge in [0.1, 0.15) is 0 Å². The lowest BCUT2D eigenvalue weighted by Crippen LogP contribution is -2.48. The minimum Gasteiger partial charge on any atom is -0.390 e. The minimum atomic E-state index is -0.743. The molecular formula is C31H38N4O2S2. The van der Waals surface area contributed by atoms with Gasteiger partial charge in [0.05, 0.1) is 23.3 Å². The van der Waals surface area contributed by atoms with E-state index in [1.165, 1.54) is 21.4 Å². The van der Waals surface area contributed by atoms with Gasteiger partial charge in [0.15, 0.2) is 0 Å². The quantitative estimate of drug-likeness (QED) is 0.213. The van der Waals surface area contributed by atoms with Crippen LogP contribution in [0, 0.1) is 0 Å². The molecule has 2 aromatic carbocycles. The molecule has 6 nitrogen and oxygen atoms in total. The molecule has 1 aliphatic rings. The van der Waals surface area contributed by atoms with Crippen molar-refractivity contribution in [2.75, 3.05) is 23.7 Å². The smallest absolute Gasteiger partial charge is 0.251 e. The first-order chi connectivity index (χ1) is 19.0. The number of aromatic nitrogens is 1. The van der Waals surface area contributed by atoms with Gasteiger partial charge < -0.3 is 24.6 Å². The average Bonchev–Trinajstić information content (AvgIpc) is 3.52. The molecule has 0 aliphatic carbocycles. The zero-order chi connectivity index (χ0) is 27.4. The highest BCUT2D eigenvalue weighted by Gasteiger charge is 2.25. The Morgan fingerprint density at radius 1 is 1.13 bits per heavy atom. The van der Waals surface area contributed by atoms with Gasteiger partial charge in [0, 0.05) is 54.5 Å². The van der Waals surface area contributed by atoms with Gasteiger partial charge in [0.2, 0.25) is 0 Å². The number of aliphatic hydroxyl groups is 1. The van der Waals surface area contributed by atoms with E-state index < -0.39 is 12.1 Å². The van der Waals surface area contributed by atoms with Crippen LogP contribution in [0.3, 0.4) is 0 Å². The minimum absolute atomic E-state index is 0.161. The number of aryl methyl sites for hydroxylation is 3. The largest absolute Gasteiger partial charge is 0.390 e. The highest BCUT2D eigenvalue weighted by molar-refractivity contribution is 8.00. The first kappa shape index (κ1) is 27.8. The first-order valence-electron chi connectivity index (χ1n) is 13.8. The molecule has 1 aliphatic heterocycles. The number of nitrogens with zero attached hydrogens (tertiary/aromatic N) is 2. The van der Waals surface area contributed by atoms with Gasteiger partial charge in [-0.05, 0) is 78.4 Å². The molecule has 39 heavy (non-hydrogen) atoms. The van der Waals surface area contributed by atoms with Crippen molar-refractivity contribution < 1.29 is 9.90 Å². The molecule has 0 spiro atoms. The summed E-state index contributed by atoms with van der Waals surface area (Å²) in [6, 6.07) is 15.8. The maximum Gasteiger partial charge on any atom is 0.251 e. The second-order valence-electron chi connectivity index (χ2n) is 10.2. The lowest BCUT2D eigenvalue weighted by Gasteiger charge is -2.25. The monoisotopic (exact) mass is 562 g/mol. The van der Waals surface area contributed by atoms with E-state index in [0.29, 0.717) is 25.1 Å². The number of aliphatic hydroxyl groups excluding tert-OH is 1. The van der Waals surface area contributed by atoms with Gasteiger partial charge in [0.25, 0.3) is 5.91 Å². The third-order valence-corrected chi connectivity index (χ3v) is 9.56. The van der Waals surface area contributed by atoms with Crippen molar-refractivity contribution in [2.24, 2.45) is 0 Å². The molecule has 4 aromatic rings. The Bertz CT molecular complexity index is 1410. The van der Waals surface area contributed by atoms with E-state index >= 15 is 0 Å². The SMILES string of the molecule is CCc1cc(CNC[C@@H](O)[C@H](Cc2ccccc2)NC(=O)c2cc3c4c(cn(CC)c4c2)CCSN3C)cs1. The summed E-state index contributed by atoms with van der Waals surface area (Å²) in [6.45, 7) is 6.23. The number of hydrogen-bond acceptors (Lipinski definition) is 6. The number of amides is 1. The number of benzene rings is 2. The van der Waals surface area contributed by atoms with E-state index in [1.54, 1.807) is 23.3 Å². The molecule has 1 amide bonds. The van der Waals surface area contributed by atoms with Crippen molar-refractivity contribution in [3.05, 3.63) is 87.2 Å². The summed E-state index contributed by atoms with van der Waals surface area (Å²) in [4.78, 5) is 15.1. The lowest BCUT2D eigenvalue weighted by atomic mass is 10.00. The summed E-state index contributed by atoms with van der Waals surface area (Å²) >= 11 is 3.55. The van der Waals surface area contributed by atoms with Crippen molar-refractivity contribution >= 4 is 45.8 Å². The molecule has 3 heterocycles. The molecule has 0 unspecified atom stereocenters. The van der Waals surface area contributed by atoms with Crippen LogP contribution in [0.1, 0.15) is 45.8 Å². The van der Waals surface area contributed by atoms with Crippen molar-refractivity contribution in [1.29, 1.82) is 0 Å². The number of thiophene rings is 1. The van der Waals surface area contributed by atoms with Crippen LogP contribution in [0.15, 0.2) is 60.1 Å². The number of hydrogen-bond donors (Lipinski definition) is 3. The van der Waals surface area contributed by atoms with Crippen LogP contribution < -0.4 is 14.9 Å². The fourth-order valence-electron chi connectivity index (χ4n) is 5.30. The third-order valence-electron chi connectivity index (χ3n) is 7.46. The second-order valence-corrected chi connectivity index (χ2v) is 12.4.